The molecule has 4 rings (SSSR count). The van der Waals surface area contributed by atoms with Gasteiger partial charge in [0.25, 0.3) is 0 Å². The number of imidazole rings is 1. The maximum absolute atomic E-state index is 13.8. The molecule has 1 fully saturated rings. The van der Waals surface area contributed by atoms with Gasteiger partial charge in [-0.2, -0.15) is 0 Å². The first-order valence-corrected chi connectivity index (χ1v) is 11.5. The highest BCUT2D eigenvalue weighted by Gasteiger charge is 2.31. The minimum absolute atomic E-state index is 0.324. The summed E-state index contributed by atoms with van der Waals surface area (Å²) in [7, 11) is -3.41. The van der Waals surface area contributed by atoms with Crippen LogP contribution in [0.5, 0.6) is 0 Å². The van der Waals surface area contributed by atoms with Gasteiger partial charge in [-0.05, 0) is 68.2 Å². The Hall–Kier alpha value is -2.58. The van der Waals surface area contributed by atoms with Gasteiger partial charge in [0.15, 0.2) is 9.84 Å². The Bertz CT molecular complexity index is 1090. The maximum atomic E-state index is 13.8. The van der Waals surface area contributed by atoms with E-state index in [1.165, 1.54) is 12.1 Å². The second-order valence-corrected chi connectivity index (χ2v) is 9.76. The van der Waals surface area contributed by atoms with Crippen LogP contribution in [0.15, 0.2) is 59.8 Å². The van der Waals surface area contributed by atoms with Gasteiger partial charge in [-0.1, -0.05) is 6.07 Å². The minimum Gasteiger partial charge on any atom is -0.345 e. The van der Waals surface area contributed by atoms with Crippen molar-refractivity contribution in [1.29, 1.82) is 0 Å². The Morgan fingerprint density at radius 3 is 2.43 bits per heavy atom. The molecule has 0 radical (unpaired) electrons. The van der Waals surface area contributed by atoms with Crippen LogP contribution < -0.4 is 0 Å². The van der Waals surface area contributed by atoms with Gasteiger partial charge in [-0.25, -0.2) is 22.2 Å². The smallest absolute Gasteiger partial charge is 0.181 e. The number of hydrogen-bond acceptors (Lipinski definition) is 4. The predicted molar refractivity (Wildman–Crippen MR) is 111 cm³/mol. The highest BCUT2D eigenvalue weighted by atomic mass is 32.2. The number of piperidine rings is 1. The van der Waals surface area contributed by atoms with E-state index in [4.69, 9.17) is 0 Å². The molecule has 2 heterocycles. The molecule has 0 aliphatic carbocycles. The molecule has 1 N–H and O–H groups in total. The highest BCUT2D eigenvalue weighted by molar-refractivity contribution is 7.92. The van der Waals surface area contributed by atoms with Crippen LogP contribution in [0.1, 0.15) is 18.4 Å². The molecular weight excluding hydrogens is 408 g/mol. The second-order valence-electron chi connectivity index (χ2n) is 7.53. The van der Waals surface area contributed by atoms with E-state index < -0.39 is 26.7 Å². The predicted octanol–water partition coefficient (Wildman–Crippen LogP) is 3.84. The third-order valence-electron chi connectivity index (χ3n) is 5.64. The number of sulfone groups is 1. The zero-order chi connectivity index (χ0) is 21.1. The molecule has 158 valence electrons. The van der Waals surface area contributed by atoms with E-state index in [-0.39, 0.29) is 0 Å². The molecule has 2 aromatic carbocycles. The number of aromatic amines is 1. The fraction of sp³-hybridized carbons (Fsp3) is 0.318. The monoisotopic (exact) mass is 431 g/mol. The van der Waals surface area contributed by atoms with E-state index in [0.717, 1.165) is 11.6 Å². The van der Waals surface area contributed by atoms with Crippen LogP contribution in [0.3, 0.4) is 0 Å². The normalized spacial score (nSPS) is 16.1. The lowest BCUT2D eigenvalue weighted by Crippen LogP contribution is -2.40. The van der Waals surface area contributed by atoms with E-state index in [1.807, 2.05) is 0 Å². The van der Waals surface area contributed by atoms with Crippen molar-refractivity contribution >= 4 is 9.84 Å². The number of H-pyrrole nitrogens is 1. The third-order valence-corrected chi connectivity index (χ3v) is 7.92. The largest absolute Gasteiger partial charge is 0.345 e. The molecule has 0 saturated carbocycles. The average molecular weight is 432 g/mol. The van der Waals surface area contributed by atoms with Crippen molar-refractivity contribution < 1.29 is 17.2 Å². The van der Waals surface area contributed by atoms with E-state index >= 15 is 0 Å². The van der Waals surface area contributed by atoms with Crippen molar-refractivity contribution in [3.8, 4) is 11.4 Å². The Morgan fingerprint density at radius 1 is 1.07 bits per heavy atom. The first kappa shape index (κ1) is 20.7. The molecule has 0 spiro atoms. The molecule has 1 aliphatic rings. The van der Waals surface area contributed by atoms with Crippen LogP contribution in [0, 0.1) is 11.6 Å². The summed E-state index contributed by atoms with van der Waals surface area (Å²) in [6.45, 7) is 1.89. The van der Waals surface area contributed by atoms with E-state index in [9.17, 15) is 17.2 Å². The maximum Gasteiger partial charge on any atom is 0.181 e. The number of rotatable bonds is 6. The lowest BCUT2D eigenvalue weighted by Gasteiger charge is -2.31. The van der Waals surface area contributed by atoms with E-state index in [1.54, 1.807) is 36.7 Å². The van der Waals surface area contributed by atoms with Gasteiger partial charge in [-0.15, -0.1) is 0 Å². The Kier molecular flexibility index (Phi) is 5.97. The van der Waals surface area contributed by atoms with Crippen LogP contribution in [-0.2, 0) is 16.3 Å². The number of nitrogens with zero attached hydrogens (tertiary/aromatic N) is 2. The number of aromatic nitrogens is 2. The van der Waals surface area contributed by atoms with Crippen molar-refractivity contribution in [3.05, 3.63) is 72.1 Å². The van der Waals surface area contributed by atoms with Crippen molar-refractivity contribution in [2.45, 2.75) is 29.4 Å². The summed E-state index contributed by atoms with van der Waals surface area (Å²) in [6.07, 6.45) is 4.91. The lowest BCUT2D eigenvalue weighted by atomic mass is 10.1. The van der Waals surface area contributed by atoms with Gasteiger partial charge in [0.05, 0.1) is 10.1 Å². The highest BCUT2D eigenvalue weighted by Crippen LogP contribution is 2.26. The van der Waals surface area contributed by atoms with Gasteiger partial charge >= 0.3 is 0 Å². The topological polar surface area (TPSA) is 66.1 Å². The fourth-order valence-electron chi connectivity index (χ4n) is 3.86. The number of nitrogens with one attached hydrogen (secondary N) is 1. The molecular formula is C22H23F2N3O2S. The zero-order valence-electron chi connectivity index (χ0n) is 16.4. The molecule has 30 heavy (non-hydrogen) atoms. The summed E-state index contributed by atoms with van der Waals surface area (Å²) >= 11 is 0. The molecule has 0 atom stereocenters. The van der Waals surface area contributed by atoms with Crippen LogP contribution in [0.25, 0.3) is 11.4 Å². The Labute approximate surface area is 174 Å². The summed E-state index contributed by atoms with van der Waals surface area (Å²) in [5, 5.41) is -0.425. The Morgan fingerprint density at radius 2 is 1.80 bits per heavy atom. The summed E-state index contributed by atoms with van der Waals surface area (Å²) in [5.74, 6) is -0.422. The SMILES string of the molecule is O=S(=O)(c1ccc(-c2ncc[nH]2)cc1)C1CCN(CCc2ccc(F)cc2F)CC1. The number of likely N-dealkylation sites (tertiary alicyclic amines) is 1. The number of halogens is 2. The van der Waals surface area contributed by atoms with Crippen molar-refractivity contribution in [2.75, 3.05) is 19.6 Å². The Balaban J connectivity index is 1.34. The van der Waals surface area contributed by atoms with Gasteiger partial charge in [-0.3, -0.25) is 0 Å². The van der Waals surface area contributed by atoms with Crippen LogP contribution in [0.2, 0.25) is 0 Å². The average Bonchev–Trinajstić information content (AvgIpc) is 3.28. The molecule has 5 nitrogen and oxygen atoms in total. The summed E-state index contributed by atoms with van der Waals surface area (Å²) in [4.78, 5) is 9.63. The van der Waals surface area contributed by atoms with Crippen molar-refractivity contribution in [2.24, 2.45) is 0 Å². The fourth-order valence-corrected chi connectivity index (χ4v) is 5.60. The minimum atomic E-state index is -3.41. The standard InChI is InChI=1S/C22H23F2N3O2S/c23-18-4-1-16(21(24)15-18)7-12-27-13-8-20(9-14-27)30(28,29)19-5-2-17(3-6-19)22-25-10-11-26-22/h1-6,10-11,15,20H,7-9,12-14H2,(H,25,26). The third kappa shape index (κ3) is 4.44. The molecule has 0 amide bonds. The van der Waals surface area contributed by atoms with Gasteiger partial charge in [0, 0.05) is 30.6 Å². The second kappa shape index (κ2) is 8.65. The quantitative estimate of drug-likeness (QED) is 0.644. The number of hydrogen-bond donors (Lipinski definition) is 1. The summed E-state index contributed by atoms with van der Waals surface area (Å²) in [5.41, 5.74) is 1.31. The van der Waals surface area contributed by atoms with E-state index in [0.29, 0.717) is 55.2 Å². The molecule has 3 aromatic rings. The molecule has 1 aliphatic heterocycles. The van der Waals surface area contributed by atoms with Gasteiger partial charge in [0.2, 0.25) is 0 Å². The number of benzene rings is 2. The lowest BCUT2D eigenvalue weighted by molar-refractivity contribution is 0.232. The first-order chi connectivity index (χ1) is 14.4. The van der Waals surface area contributed by atoms with Crippen LogP contribution in [0.4, 0.5) is 8.78 Å². The first-order valence-electron chi connectivity index (χ1n) is 9.93. The molecule has 0 bridgehead atoms. The van der Waals surface area contributed by atoms with Crippen molar-refractivity contribution in [3.63, 3.8) is 0 Å². The summed E-state index contributed by atoms with van der Waals surface area (Å²) < 4.78 is 52.8. The summed E-state index contributed by atoms with van der Waals surface area (Å²) in [6, 6.07) is 10.4. The molecule has 1 aromatic heterocycles. The molecule has 1 saturated heterocycles. The van der Waals surface area contributed by atoms with Gasteiger partial charge in [0.1, 0.15) is 17.5 Å². The van der Waals surface area contributed by atoms with Crippen LogP contribution >= 0.6 is 0 Å². The van der Waals surface area contributed by atoms with Crippen molar-refractivity contribution in [1.82, 2.24) is 14.9 Å². The molecule has 0 unspecified atom stereocenters. The molecule has 8 heteroatoms. The van der Waals surface area contributed by atoms with Gasteiger partial charge < -0.3 is 9.88 Å². The zero-order valence-corrected chi connectivity index (χ0v) is 17.2. The van der Waals surface area contributed by atoms with E-state index in [2.05, 4.69) is 14.9 Å². The van der Waals surface area contributed by atoms with Crippen LogP contribution in [-0.4, -0.2) is 48.2 Å².